The van der Waals surface area contributed by atoms with Crippen molar-refractivity contribution < 1.29 is 14.6 Å². The molecule has 0 amide bonds. The molecule has 1 aliphatic heterocycles. The van der Waals surface area contributed by atoms with Crippen LogP contribution in [0.1, 0.15) is 88.4 Å². The smallest absolute Gasteiger partial charge is 0.341 e. The summed E-state index contributed by atoms with van der Waals surface area (Å²) >= 11 is 0. The van der Waals surface area contributed by atoms with Crippen molar-refractivity contribution in [3.8, 4) is 0 Å². The molecule has 1 N–H and O–H groups in total. The average molecular weight is 581 g/mol. The number of allylic oxidation sites excluding steroid dienone is 1. The molecule has 9 nitrogen and oxygen atoms in total. The van der Waals surface area contributed by atoms with Crippen LogP contribution in [0, 0.1) is 40.4 Å². The number of carbonyl (C=O) groups is 1. The van der Waals surface area contributed by atoms with Gasteiger partial charge in [-0.1, -0.05) is 82.8 Å². The Morgan fingerprint density at radius 1 is 1.02 bits per heavy atom. The van der Waals surface area contributed by atoms with E-state index in [-0.39, 0.29) is 0 Å². The van der Waals surface area contributed by atoms with Gasteiger partial charge in [-0.15, -0.1) is 4.78 Å². The lowest BCUT2D eigenvalue weighted by Crippen LogP contribution is -2.32. The van der Waals surface area contributed by atoms with E-state index in [1.54, 1.807) is 24.3 Å². The third kappa shape index (κ3) is 7.55. The van der Waals surface area contributed by atoms with Crippen LogP contribution in [-0.4, -0.2) is 25.9 Å². The quantitative estimate of drug-likeness (QED) is 0.0949. The Morgan fingerprint density at radius 3 is 2.12 bits per heavy atom. The van der Waals surface area contributed by atoms with Crippen LogP contribution in [0.2, 0.25) is 19.6 Å². The van der Waals surface area contributed by atoms with Gasteiger partial charge in [0, 0.05) is 17.0 Å². The lowest BCUT2D eigenvalue weighted by atomic mass is 9.69. The summed E-state index contributed by atoms with van der Waals surface area (Å²) in [5.41, 5.74) is 19.7. The van der Waals surface area contributed by atoms with Crippen molar-refractivity contribution in [2.75, 3.05) is 6.54 Å². The van der Waals surface area contributed by atoms with Crippen LogP contribution < -0.4 is 0 Å². The lowest BCUT2D eigenvalue weighted by molar-refractivity contribution is -0.0547. The minimum atomic E-state index is -1.45. The van der Waals surface area contributed by atoms with E-state index >= 15 is 0 Å². The fraction of sp³-hybridized carbons (Fsp3) is 0.710. The van der Waals surface area contributed by atoms with Crippen LogP contribution in [-0.2, 0) is 4.74 Å². The van der Waals surface area contributed by atoms with E-state index in [1.165, 1.54) is 44.1 Å². The van der Waals surface area contributed by atoms with Gasteiger partial charge in [-0.25, -0.2) is 4.79 Å². The zero-order valence-electron chi connectivity index (χ0n) is 25.9. The Hall–Kier alpha value is -2.77. The van der Waals surface area contributed by atoms with Gasteiger partial charge in [0.15, 0.2) is 0 Å². The number of cyclic esters (lactones) is 1. The summed E-state index contributed by atoms with van der Waals surface area (Å²) in [4.78, 5) is 16.5. The summed E-state index contributed by atoms with van der Waals surface area (Å²) < 4.78 is 8.12. The van der Waals surface area contributed by atoms with Crippen molar-refractivity contribution in [1.82, 2.24) is 0 Å². The molecule has 4 fully saturated rings. The SMILES string of the molecule is C=C1C2CCC(C2)C1(C)C.CC1(C)C2CCC(C2)[C@@H]1CN=[N+]=[N-].C[Si](C)(C)N=[N+]=[N-].O=C1OC(O)c2ccccc21. The number of benzene rings is 1. The van der Waals surface area contributed by atoms with Crippen LogP contribution in [0.3, 0.4) is 0 Å². The second kappa shape index (κ2) is 13.0. The van der Waals surface area contributed by atoms with Crippen molar-refractivity contribution in [1.29, 1.82) is 0 Å². The summed E-state index contributed by atoms with van der Waals surface area (Å²) in [6.45, 7) is 20.3. The molecule has 4 bridgehead atoms. The van der Waals surface area contributed by atoms with Gasteiger partial charge in [0.25, 0.3) is 0 Å². The Kier molecular flexibility index (Phi) is 10.4. The summed E-state index contributed by atoms with van der Waals surface area (Å²) in [5.74, 6) is 3.77. The second-order valence-corrected chi connectivity index (χ2v) is 18.8. The minimum Gasteiger partial charge on any atom is -0.428 e. The number of rotatable bonds is 3. The standard InChI is InChI=1S/C10H17N3.C10H16.C8H6O3.C3H9N3Si/c1-10(2)8-4-3-7(5-8)9(10)6-12-13-11;1-7-8-4-5-9(6-8)10(7,2)3;9-7-5-3-1-2-4-6(5)8(10)11-7;1-7(2,3)6-5-4/h7-9H,3-6H2,1-2H3;8-9H,1,4-6H2,2-3H3;1-4,7,9H;1-3H3/t7?,8?,9-;;;/m0.../s1. The molecule has 41 heavy (non-hydrogen) atoms. The van der Waals surface area contributed by atoms with Crippen LogP contribution in [0.4, 0.5) is 0 Å². The van der Waals surface area contributed by atoms with Gasteiger partial charge >= 0.3 is 5.97 Å². The van der Waals surface area contributed by atoms with Crippen LogP contribution in [0.15, 0.2) is 46.3 Å². The zero-order chi connectivity index (χ0) is 30.6. The summed E-state index contributed by atoms with van der Waals surface area (Å²) in [6, 6.07) is 6.79. The van der Waals surface area contributed by atoms with Crippen LogP contribution in [0.5, 0.6) is 0 Å². The highest BCUT2D eigenvalue weighted by atomic mass is 28.3. The van der Waals surface area contributed by atoms with Crippen molar-refractivity contribution in [2.45, 2.75) is 92.2 Å². The summed E-state index contributed by atoms with van der Waals surface area (Å²) in [6.07, 6.45) is 7.37. The molecule has 0 spiro atoms. The normalized spacial score (nSPS) is 30.6. The van der Waals surface area contributed by atoms with E-state index in [2.05, 4.69) is 58.7 Å². The molecule has 4 saturated carbocycles. The third-order valence-electron chi connectivity index (χ3n) is 10.2. The largest absolute Gasteiger partial charge is 0.428 e. The van der Waals surface area contributed by atoms with Gasteiger partial charge in [0.2, 0.25) is 6.29 Å². The molecule has 10 heteroatoms. The number of aliphatic hydroxyl groups excluding tert-OH is 1. The number of carbonyl (C=O) groups excluding carboxylic acids is 1. The van der Waals surface area contributed by atoms with Gasteiger partial charge in [0.1, 0.15) is 8.24 Å². The molecule has 1 aromatic rings. The Morgan fingerprint density at radius 2 is 1.68 bits per heavy atom. The van der Waals surface area contributed by atoms with E-state index in [0.29, 0.717) is 34.4 Å². The molecule has 1 aromatic carbocycles. The van der Waals surface area contributed by atoms with Gasteiger partial charge < -0.3 is 9.84 Å². The van der Waals surface area contributed by atoms with Gasteiger partial charge in [-0.2, -0.15) is 0 Å². The fourth-order valence-corrected chi connectivity index (χ4v) is 7.75. The first kappa shape index (κ1) is 32.7. The predicted molar refractivity (Wildman–Crippen MR) is 165 cm³/mol. The van der Waals surface area contributed by atoms with E-state index in [1.807, 2.05) is 19.6 Å². The summed E-state index contributed by atoms with van der Waals surface area (Å²) in [7, 11) is -1.45. The van der Waals surface area contributed by atoms with Crippen molar-refractivity contribution >= 4 is 14.2 Å². The predicted octanol–water partition coefficient (Wildman–Crippen LogP) is 9.35. The topological polar surface area (TPSA) is 144 Å². The zero-order valence-corrected chi connectivity index (χ0v) is 26.9. The highest BCUT2D eigenvalue weighted by Gasteiger charge is 2.52. The Balaban J connectivity index is 0.000000154. The molecule has 0 saturated heterocycles. The first-order valence-electron chi connectivity index (χ1n) is 14.9. The number of hydrogen-bond donors (Lipinski definition) is 1. The molecule has 6 atom stereocenters. The Labute approximate surface area is 246 Å². The third-order valence-corrected chi connectivity index (χ3v) is 10.9. The highest BCUT2D eigenvalue weighted by Crippen LogP contribution is 2.59. The summed E-state index contributed by atoms with van der Waals surface area (Å²) in [5, 5.41) is 12.9. The van der Waals surface area contributed by atoms with Gasteiger partial charge in [-0.3, -0.25) is 0 Å². The van der Waals surface area contributed by atoms with Crippen LogP contribution in [0.25, 0.3) is 20.9 Å². The fourth-order valence-electron chi connectivity index (χ4n) is 7.48. The molecule has 0 radical (unpaired) electrons. The molecular weight excluding hydrogens is 532 g/mol. The first-order valence-corrected chi connectivity index (χ1v) is 18.3. The molecule has 4 aliphatic carbocycles. The number of aliphatic hydroxyl groups is 1. The number of nitrogens with zero attached hydrogens (tertiary/aromatic N) is 6. The minimum absolute atomic E-state index is 0.414. The highest BCUT2D eigenvalue weighted by molar-refractivity contribution is 6.74. The maximum absolute atomic E-state index is 10.9. The molecule has 1 heterocycles. The number of fused-ring (bicyclic) bond motifs is 5. The molecule has 0 aromatic heterocycles. The molecule has 224 valence electrons. The number of esters is 1. The molecule has 5 unspecified atom stereocenters. The van der Waals surface area contributed by atoms with E-state index < -0.39 is 20.5 Å². The van der Waals surface area contributed by atoms with Crippen molar-refractivity contribution in [3.05, 3.63) is 68.4 Å². The Bertz CT molecular complexity index is 1210. The first-order chi connectivity index (χ1) is 19.1. The van der Waals surface area contributed by atoms with E-state index in [9.17, 15) is 4.79 Å². The molecule has 6 rings (SSSR count). The monoisotopic (exact) mass is 580 g/mol. The van der Waals surface area contributed by atoms with E-state index in [0.717, 1.165) is 23.7 Å². The lowest BCUT2D eigenvalue weighted by Gasteiger charge is -2.37. The van der Waals surface area contributed by atoms with E-state index in [4.69, 9.17) is 16.2 Å². The number of hydrogen-bond acceptors (Lipinski definition) is 5. The number of ether oxygens (including phenoxy) is 1. The second-order valence-electron chi connectivity index (χ2n) is 14.3. The molecule has 5 aliphatic rings. The maximum Gasteiger partial charge on any atom is 0.341 e. The van der Waals surface area contributed by atoms with Gasteiger partial charge in [-0.05, 0) is 101 Å². The van der Waals surface area contributed by atoms with Crippen LogP contribution >= 0.6 is 0 Å². The molecular formula is C31H48N6O3Si. The average Bonchev–Trinajstić information content (AvgIpc) is 3.70. The van der Waals surface area contributed by atoms with Gasteiger partial charge in [0.05, 0.1) is 5.56 Å². The van der Waals surface area contributed by atoms with Crippen molar-refractivity contribution in [3.63, 3.8) is 0 Å². The maximum atomic E-state index is 10.9. The number of azide groups is 2. The van der Waals surface area contributed by atoms with Crippen molar-refractivity contribution in [2.24, 2.45) is 50.3 Å².